The maximum absolute atomic E-state index is 13.4. The molecule has 1 amide bonds. The standard InChI is InChI=1S/C26H31ClN6O3S2.H2/c1-3-24-28-26(37-29-24)30-38(35,36)22-9-7-21(8-10-22)31-13-15-32(16-14-31)25(34)18(2)33-12-4-5-19-17-20(27)6-11-23(19)33;/h6-11,17-18H,3-5,12-16H2,1-2H3,(H,28,29,30);1H/t18-;/m1./s1. The van der Waals surface area contributed by atoms with Gasteiger partial charge in [0.05, 0.1) is 4.90 Å². The molecule has 3 aromatic rings. The minimum Gasteiger partial charge on any atom is -0.368 e. The third-order valence-corrected chi connectivity index (χ3v) is 9.52. The van der Waals surface area contributed by atoms with E-state index < -0.39 is 10.0 Å². The topological polar surface area (TPSA) is 98.7 Å². The molecule has 0 spiro atoms. The van der Waals surface area contributed by atoms with Crippen molar-refractivity contribution in [3.8, 4) is 0 Å². The second kappa shape index (κ2) is 11.1. The summed E-state index contributed by atoms with van der Waals surface area (Å²) in [5.74, 6) is 0.739. The Morgan fingerprint density at radius 1 is 1.13 bits per heavy atom. The molecule has 1 fully saturated rings. The molecule has 1 N–H and O–H groups in total. The number of hydrogen-bond donors (Lipinski definition) is 1. The molecule has 1 atom stereocenters. The van der Waals surface area contributed by atoms with Crippen LogP contribution in [0.25, 0.3) is 0 Å². The fourth-order valence-corrected chi connectivity index (χ4v) is 7.10. The highest BCUT2D eigenvalue weighted by Gasteiger charge is 2.31. The van der Waals surface area contributed by atoms with Crippen LogP contribution in [0.5, 0.6) is 0 Å². The number of fused-ring (bicyclic) bond motifs is 1. The first-order valence-corrected chi connectivity index (χ1v) is 15.4. The minimum atomic E-state index is -3.75. The Kier molecular flexibility index (Phi) is 7.78. The highest BCUT2D eigenvalue weighted by molar-refractivity contribution is 7.93. The van der Waals surface area contributed by atoms with Crippen molar-refractivity contribution in [3.63, 3.8) is 0 Å². The second-order valence-electron chi connectivity index (χ2n) is 9.53. The van der Waals surface area contributed by atoms with Crippen molar-refractivity contribution < 1.29 is 14.6 Å². The van der Waals surface area contributed by atoms with Crippen LogP contribution >= 0.6 is 23.1 Å². The Morgan fingerprint density at radius 2 is 1.87 bits per heavy atom. The Bertz CT molecular complexity index is 1410. The molecule has 204 valence electrons. The summed E-state index contributed by atoms with van der Waals surface area (Å²) >= 11 is 7.22. The zero-order valence-electron chi connectivity index (χ0n) is 21.4. The van der Waals surface area contributed by atoms with E-state index in [1.54, 1.807) is 12.1 Å². The van der Waals surface area contributed by atoms with Crippen molar-refractivity contribution in [1.29, 1.82) is 0 Å². The number of amides is 1. The molecule has 0 bridgehead atoms. The number of nitrogens with one attached hydrogen (secondary N) is 1. The van der Waals surface area contributed by atoms with E-state index >= 15 is 0 Å². The van der Waals surface area contributed by atoms with E-state index in [2.05, 4.69) is 23.9 Å². The number of rotatable bonds is 7. The summed E-state index contributed by atoms with van der Waals surface area (Å²) in [6, 6.07) is 12.5. The molecular weight excluding hydrogens is 544 g/mol. The van der Waals surface area contributed by atoms with E-state index in [0.29, 0.717) is 38.4 Å². The SMILES string of the molecule is CCc1nsc(NS(=O)(=O)c2ccc(N3CCN(C(=O)[C@@H](C)N4CCCc5cc(Cl)ccc54)CC3)cc2)n1.[HH]. The molecule has 12 heteroatoms. The number of benzene rings is 2. The van der Waals surface area contributed by atoms with Gasteiger partial charge in [0.1, 0.15) is 11.9 Å². The number of sulfonamides is 1. The molecule has 0 unspecified atom stereocenters. The number of nitrogens with zero attached hydrogens (tertiary/aromatic N) is 5. The summed E-state index contributed by atoms with van der Waals surface area (Å²) in [5, 5.41) is 0.989. The van der Waals surface area contributed by atoms with Gasteiger partial charge in [-0.3, -0.25) is 9.52 Å². The van der Waals surface area contributed by atoms with Gasteiger partial charge in [0.25, 0.3) is 10.0 Å². The Hall–Kier alpha value is -2.89. The first kappa shape index (κ1) is 26.7. The van der Waals surface area contributed by atoms with Crippen LogP contribution in [-0.2, 0) is 27.7 Å². The zero-order chi connectivity index (χ0) is 26.9. The normalized spacial score (nSPS) is 16.8. The average molecular weight is 577 g/mol. The molecule has 1 saturated heterocycles. The maximum Gasteiger partial charge on any atom is 0.263 e. The summed E-state index contributed by atoms with van der Waals surface area (Å²) in [6.45, 7) is 7.34. The molecule has 5 rings (SSSR count). The summed E-state index contributed by atoms with van der Waals surface area (Å²) in [7, 11) is -3.75. The number of halogens is 1. The highest BCUT2D eigenvalue weighted by atomic mass is 35.5. The van der Waals surface area contributed by atoms with E-state index in [4.69, 9.17) is 11.6 Å². The predicted molar refractivity (Wildman–Crippen MR) is 154 cm³/mol. The lowest BCUT2D eigenvalue weighted by molar-refractivity contribution is -0.132. The third kappa shape index (κ3) is 5.60. The van der Waals surface area contributed by atoms with Crippen molar-refractivity contribution in [1.82, 2.24) is 14.3 Å². The van der Waals surface area contributed by atoms with Crippen molar-refractivity contribution in [2.24, 2.45) is 0 Å². The summed E-state index contributed by atoms with van der Waals surface area (Å²) in [6.07, 6.45) is 2.62. The summed E-state index contributed by atoms with van der Waals surface area (Å²) < 4.78 is 32.1. The lowest BCUT2D eigenvalue weighted by atomic mass is 10.00. The van der Waals surface area contributed by atoms with Gasteiger partial charge >= 0.3 is 0 Å². The van der Waals surface area contributed by atoms with Gasteiger partial charge in [0.15, 0.2) is 0 Å². The average Bonchev–Trinajstić information content (AvgIpc) is 3.38. The van der Waals surface area contributed by atoms with Gasteiger partial charge < -0.3 is 14.7 Å². The zero-order valence-corrected chi connectivity index (χ0v) is 23.8. The fourth-order valence-electron chi connectivity index (χ4n) is 5.03. The van der Waals surface area contributed by atoms with E-state index in [0.717, 1.165) is 47.3 Å². The molecule has 0 saturated carbocycles. The monoisotopic (exact) mass is 576 g/mol. The number of anilines is 3. The molecule has 0 radical (unpaired) electrons. The van der Waals surface area contributed by atoms with Crippen LogP contribution in [0.1, 0.15) is 33.1 Å². The van der Waals surface area contributed by atoms with Gasteiger partial charge in [0.2, 0.25) is 11.0 Å². The van der Waals surface area contributed by atoms with Gasteiger partial charge in [0, 0.05) is 68.5 Å². The van der Waals surface area contributed by atoms with Crippen LogP contribution in [0.15, 0.2) is 47.4 Å². The number of aromatic nitrogens is 2. The second-order valence-corrected chi connectivity index (χ2v) is 12.4. The minimum absolute atomic E-state index is 0. The van der Waals surface area contributed by atoms with Gasteiger partial charge in [-0.15, -0.1) is 0 Å². The number of carbonyl (C=O) groups excluding carboxylic acids is 1. The Balaban J connectivity index is 0.00000353. The molecule has 9 nitrogen and oxygen atoms in total. The molecular formula is C26H33ClN6O3S2. The Labute approximate surface area is 234 Å². The summed E-state index contributed by atoms with van der Waals surface area (Å²) in [4.78, 5) is 24.0. The molecule has 2 aliphatic heterocycles. The van der Waals surface area contributed by atoms with E-state index in [9.17, 15) is 13.2 Å². The fraction of sp³-hybridized carbons (Fsp3) is 0.423. The number of carbonyl (C=O) groups is 1. The first-order chi connectivity index (χ1) is 18.2. The first-order valence-electron chi connectivity index (χ1n) is 12.8. The molecule has 1 aromatic heterocycles. The third-order valence-electron chi connectivity index (χ3n) is 7.13. The van der Waals surface area contributed by atoms with E-state index in [1.807, 2.05) is 49.1 Å². The van der Waals surface area contributed by atoms with Crippen LogP contribution in [0.4, 0.5) is 16.5 Å². The molecule has 2 aromatic carbocycles. The maximum atomic E-state index is 13.4. The van der Waals surface area contributed by atoms with Crippen LogP contribution in [0.2, 0.25) is 5.02 Å². The molecule has 38 heavy (non-hydrogen) atoms. The van der Waals surface area contributed by atoms with Crippen LogP contribution in [0, 0.1) is 0 Å². The van der Waals surface area contributed by atoms with Gasteiger partial charge in [-0.1, -0.05) is 18.5 Å². The quantitative estimate of drug-likeness (QED) is 0.448. The van der Waals surface area contributed by atoms with Gasteiger partial charge in [-0.25, -0.2) is 13.4 Å². The largest absolute Gasteiger partial charge is 0.368 e. The van der Waals surface area contributed by atoms with Crippen molar-refractivity contribution >= 4 is 55.6 Å². The van der Waals surface area contributed by atoms with Crippen LogP contribution in [0.3, 0.4) is 0 Å². The van der Waals surface area contributed by atoms with Crippen LogP contribution in [-0.4, -0.2) is 67.3 Å². The highest BCUT2D eigenvalue weighted by Crippen LogP contribution is 2.31. The smallest absolute Gasteiger partial charge is 0.263 e. The molecule has 2 aliphatic rings. The molecule has 3 heterocycles. The lowest BCUT2D eigenvalue weighted by Gasteiger charge is -2.41. The van der Waals surface area contributed by atoms with Crippen LogP contribution < -0.4 is 14.5 Å². The van der Waals surface area contributed by atoms with E-state index in [1.165, 1.54) is 5.56 Å². The number of aryl methyl sites for hydroxylation is 2. The lowest BCUT2D eigenvalue weighted by Crippen LogP contribution is -2.55. The summed E-state index contributed by atoms with van der Waals surface area (Å²) in [5.41, 5.74) is 3.22. The molecule has 0 aliphatic carbocycles. The Morgan fingerprint density at radius 3 is 2.55 bits per heavy atom. The van der Waals surface area contributed by atoms with E-state index in [-0.39, 0.29) is 23.4 Å². The van der Waals surface area contributed by atoms with Gasteiger partial charge in [-0.05, 0) is 67.8 Å². The number of piperazine rings is 1. The van der Waals surface area contributed by atoms with Crippen molar-refractivity contribution in [2.75, 3.05) is 47.2 Å². The van der Waals surface area contributed by atoms with Crippen molar-refractivity contribution in [2.45, 2.75) is 44.0 Å². The predicted octanol–water partition coefficient (Wildman–Crippen LogP) is 4.29. The van der Waals surface area contributed by atoms with Crippen molar-refractivity contribution in [3.05, 3.63) is 58.9 Å². The van der Waals surface area contributed by atoms with Gasteiger partial charge in [-0.2, -0.15) is 4.37 Å². The number of hydrogen-bond acceptors (Lipinski definition) is 8.